The molecule has 0 radical (unpaired) electrons. The van der Waals surface area contributed by atoms with Crippen molar-refractivity contribution in [1.82, 2.24) is 9.97 Å². The summed E-state index contributed by atoms with van der Waals surface area (Å²) in [5.74, 6) is 0. The van der Waals surface area contributed by atoms with Gasteiger partial charge in [-0.2, -0.15) is 0 Å². The zero-order valence-corrected chi connectivity index (χ0v) is 12.4. The maximum absolute atomic E-state index is 4.66. The Labute approximate surface area is 110 Å². The minimum absolute atomic E-state index is 0.107. The predicted octanol–water partition coefficient (Wildman–Crippen LogP) is 3.91. The number of hydrogen-bond donors (Lipinski definition) is 1. The molecule has 92 valence electrons. The van der Waals surface area contributed by atoms with E-state index in [4.69, 9.17) is 0 Å². The molecule has 1 N–H and O–H groups in total. The largest absolute Gasteiger partial charge is 0.365 e. The molecule has 3 nitrogen and oxygen atoms in total. The van der Waals surface area contributed by atoms with Crippen LogP contribution in [-0.2, 0) is 5.41 Å². The van der Waals surface area contributed by atoms with Gasteiger partial charge < -0.3 is 5.32 Å². The van der Waals surface area contributed by atoms with Crippen LogP contribution in [0, 0.1) is 6.92 Å². The lowest BCUT2D eigenvalue weighted by atomic mass is 9.98. The third-order valence-electron chi connectivity index (χ3n) is 2.39. The van der Waals surface area contributed by atoms with Crippen molar-refractivity contribution in [3.05, 3.63) is 16.1 Å². The molecule has 5 heteroatoms. The number of nitrogens with zero attached hydrogens (tertiary/aromatic N) is 2. The molecule has 0 bridgehead atoms. The van der Waals surface area contributed by atoms with Crippen LogP contribution in [0.1, 0.15) is 31.5 Å². The van der Waals surface area contributed by atoms with Gasteiger partial charge in [-0.25, -0.2) is 9.97 Å². The Morgan fingerprint density at radius 1 is 1.24 bits per heavy atom. The summed E-state index contributed by atoms with van der Waals surface area (Å²) in [6.45, 7) is 8.62. The van der Waals surface area contributed by atoms with Crippen molar-refractivity contribution >= 4 is 27.8 Å². The fourth-order valence-electron chi connectivity index (χ4n) is 1.45. The SMILES string of the molecule is CNc1nc(-c2sc(C(C)(C)C)nc2C)cs1. The Morgan fingerprint density at radius 2 is 1.94 bits per heavy atom. The van der Waals surface area contributed by atoms with Crippen molar-refractivity contribution in [2.45, 2.75) is 33.1 Å². The van der Waals surface area contributed by atoms with Gasteiger partial charge in [-0.15, -0.1) is 22.7 Å². The van der Waals surface area contributed by atoms with Crippen LogP contribution in [0.25, 0.3) is 10.6 Å². The normalized spacial score (nSPS) is 11.8. The first-order chi connectivity index (χ1) is 7.91. The van der Waals surface area contributed by atoms with E-state index in [0.29, 0.717) is 0 Å². The summed E-state index contributed by atoms with van der Waals surface area (Å²) < 4.78 is 0. The standard InChI is InChI=1S/C12H17N3S2/c1-7-9(8-6-16-11(13-5)15-8)17-10(14-7)12(2,3)4/h6H,1-5H3,(H,13,15). The summed E-state index contributed by atoms with van der Waals surface area (Å²) >= 11 is 3.38. The van der Waals surface area contributed by atoms with Crippen molar-refractivity contribution in [2.24, 2.45) is 0 Å². The second-order valence-corrected chi connectivity index (χ2v) is 6.83. The third-order valence-corrected chi connectivity index (χ3v) is 4.85. The van der Waals surface area contributed by atoms with Crippen molar-refractivity contribution in [2.75, 3.05) is 12.4 Å². The first-order valence-corrected chi connectivity index (χ1v) is 7.23. The van der Waals surface area contributed by atoms with Gasteiger partial charge in [0.1, 0.15) is 0 Å². The highest BCUT2D eigenvalue weighted by Gasteiger charge is 2.21. The molecule has 0 spiro atoms. The number of aromatic nitrogens is 2. The Morgan fingerprint density at radius 3 is 2.41 bits per heavy atom. The lowest BCUT2D eigenvalue weighted by Crippen LogP contribution is -2.10. The van der Waals surface area contributed by atoms with Crippen LogP contribution in [0.2, 0.25) is 0 Å². The summed E-state index contributed by atoms with van der Waals surface area (Å²) in [4.78, 5) is 10.4. The molecule has 0 fully saturated rings. The molecule has 2 aromatic heterocycles. The zero-order chi connectivity index (χ0) is 12.6. The van der Waals surface area contributed by atoms with E-state index in [1.807, 2.05) is 7.05 Å². The molecule has 17 heavy (non-hydrogen) atoms. The van der Waals surface area contributed by atoms with Gasteiger partial charge in [0.15, 0.2) is 5.13 Å². The van der Waals surface area contributed by atoms with Gasteiger partial charge in [0.25, 0.3) is 0 Å². The lowest BCUT2D eigenvalue weighted by molar-refractivity contribution is 0.584. The number of aryl methyl sites for hydroxylation is 1. The molecular formula is C12H17N3S2. The van der Waals surface area contributed by atoms with E-state index in [9.17, 15) is 0 Å². The smallest absolute Gasteiger partial charge is 0.182 e. The predicted molar refractivity (Wildman–Crippen MR) is 76.2 cm³/mol. The number of rotatable bonds is 2. The van der Waals surface area contributed by atoms with Crippen LogP contribution >= 0.6 is 22.7 Å². The Bertz CT molecular complexity index is 520. The van der Waals surface area contributed by atoms with E-state index in [-0.39, 0.29) is 5.41 Å². The molecule has 2 aromatic rings. The van der Waals surface area contributed by atoms with Crippen LogP contribution in [-0.4, -0.2) is 17.0 Å². The number of anilines is 1. The average Bonchev–Trinajstić information content (AvgIpc) is 2.82. The monoisotopic (exact) mass is 267 g/mol. The van der Waals surface area contributed by atoms with Crippen molar-refractivity contribution < 1.29 is 0 Å². The maximum atomic E-state index is 4.66. The molecule has 0 aliphatic carbocycles. The highest BCUT2D eigenvalue weighted by atomic mass is 32.1. The molecule has 0 aliphatic heterocycles. The van der Waals surface area contributed by atoms with Gasteiger partial charge in [0.05, 0.1) is 21.3 Å². The minimum Gasteiger partial charge on any atom is -0.365 e. The third kappa shape index (κ3) is 2.50. The van der Waals surface area contributed by atoms with Crippen LogP contribution in [0.4, 0.5) is 5.13 Å². The number of hydrogen-bond acceptors (Lipinski definition) is 5. The van der Waals surface area contributed by atoms with Crippen molar-refractivity contribution in [1.29, 1.82) is 0 Å². The summed E-state index contributed by atoms with van der Waals surface area (Å²) in [6.07, 6.45) is 0. The van der Waals surface area contributed by atoms with Gasteiger partial charge in [0, 0.05) is 17.8 Å². The van der Waals surface area contributed by atoms with E-state index < -0.39 is 0 Å². The summed E-state index contributed by atoms with van der Waals surface area (Å²) in [5, 5.41) is 7.27. The Hall–Kier alpha value is -0.940. The van der Waals surface area contributed by atoms with Crippen molar-refractivity contribution in [3.63, 3.8) is 0 Å². The second kappa shape index (κ2) is 4.38. The molecule has 0 aliphatic rings. The van der Waals surface area contributed by atoms with Crippen molar-refractivity contribution in [3.8, 4) is 10.6 Å². The Kier molecular flexibility index (Phi) is 3.23. The molecule has 0 amide bonds. The quantitative estimate of drug-likeness (QED) is 0.896. The van der Waals surface area contributed by atoms with E-state index in [0.717, 1.165) is 16.5 Å². The molecule has 0 aromatic carbocycles. The summed E-state index contributed by atoms with van der Waals surface area (Å²) in [5.41, 5.74) is 2.22. The van der Waals surface area contributed by atoms with Crippen LogP contribution in [0.3, 0.4) is 0 Å². The summed E-state index contributed by atoms with van der Waals surface area (Å²) in [7, 11) is 1.89. The van der Waals surface area contributed by atoms with Gasteiger partial charge in [-0.3, -0.25) is 0 Å². The van der Waals surface area contributed by atoms with Gasteiger partial charge in [-0.1, -0.05) is 20.8 Å². The molecular weight excluding hydrogens is 250 g/mol. The highest BCUT2D eigenvalue weighted by molar-refractivity contribution is 7.17. The van der Waals surface area contributed by atoms with E-state index >= 15 is 0 Å². The second-order valence-electron chi connectivity index (χ2n) is 4.97. The van der Waals surface area contributed by atoms with E-state index in [1.165, 1.54) is 9.88 Å². The molecule has 0 unspecified atom stereocenters. The van der Waals surface area contributed by atoms with E-state index in [1.54, 1.807) is 22.7 Å². The first kappa shape index (κ1) is 12.5. The molecule has 0 atom stereocenters. The highest BCUT2D eigenvalue weighted by Crippen LogP contribution is 2.36. The van der Waals surface area contributed by atoms with Gasteiger partial charge >= 0.3 is 0 Å². The molecule has 2 heterocycles. The van der Waals surface area contributed by atoms with Crippen LogP contribution in [0.15, 0.2) is 5.38 Å². The number of nitrogens with one attached hydrogen (secondary N) is 1. The first-order valence-electron chi connectivity index (χ1n) is 5.53. The van der Waals surface area contributed by atoms with Gasteiger partial charge in [0.2, 0.25) is 0 Å². The van der Waals surface area contributed by atoms with E-state index in [2.05, 4.69) is 48.4 Å². The average molecular weight is 267 g/mol. The molecule has 0 saturated heterocycles. The summed E-state index contributed by atoms with van der Waals surface area (Å²) in [6, 6.07) is 0. The lowest BCUT2D eigenvalue weighted by Gasteiger charge is -2.13. The zero-order valence-electron chi connectivity index (χ0n) is 10.8. The minimum atomic E-state index is 0.107. The number of thiazole rings is 2. The van der Waals surface area contributed by atoms with Crippen LogP contribution < -0.4 is 5.32 Å². The molecule has 2 rings (SSSR count). The van der Waals surface area contributed by atoms with Gasteiger partial charge in [-0.05, 0) is 6.92 Å². The Balaban J connectivity index is 2.42. The van der Waals surface area contributed by atoms with Crippen LogP contribution in [0.5, 0.6) is 0 Å². The fraction of sp³-hybridized carbons (Fsp3) is 0.500. The fourth-order valence-corrected chi connectivity index (χ4v) is 3.27. The maximum Gasteiger partial charge on any atom is 0.182 e. The molecule has 0 saturated carbocycles. The topological polar surface area (TPSA) is 37.8 Å².